The minimum absolute atomic E-state index is 0.163. The van der Waals surface area contributed by atoms with Crippen molar-refractivity contribution in [2.24, 2.45) is 0 Å². The molecule has 1 heterocycles. The molecule has 88 valence electrons. The normalized spacial score (nSPS) is 13.1. The van der Waals surface area contributed by atoms with Crippen LogP contribution in [-0.4, -0.2) is 28.0 Å². The number of carbonyl (C=O) groups is 1. The van der Waals surface area contributed by atoms with E-state index < -0.39 is 5.97 Å². The average Bonchev–Trinajstić information content (AvgIpc) is 2.70. The fourth-order valence-corrected chi connectivity index (χ4v) is 2.88. The molecular formula is C11H14O3S2. The van der Waals surface area contributed by atoms with Gasteiger partial charge in [-0.25, -0.2) is 4.79 Å². The molecule has 0 amide bonds. The lowest BCUT2D eigenvalue weighted by molar-refractivity contribution is -0.131. The largest absolute Gasteiger partial charge is 0.478 e. The van der Waals surface area contributed by atoms with Gasteiger partial charge in [-0.05, 0) is 23.1 Å². The average molecular weight is 258 g/mol. The molecule has 1 unspecified atom stereocenters. The van der Waals surface area contributed by atoms with Crippen LogP contribution in [0.25, 0.3) is 6.08 Å². The number of carboxylic acid groups (broad SMARTS) is 1. The number of thiophene rings is 1. The molecule has 0 fully saturated rings. The predicted molar refractivity (Wildman–Crippen MR) is 68.8 cm³/mol. The van der Waals surface area contributed by atoms with Crippen LogP contribution in [0.3, 0.4) is 0 Å². The Bertz CT molecular complexity index is 371. The highest BCUT2D eigenvalue weighted by atomic mass is 32.2. The fourth-order valence-electron chi connectivity index (χ4n) is 1.05. The summed E-state index contributed by atoms with van der Waals surface area (Å²) in [4.78, 5) is 11.5. The molecule has 1 rings (SSSR count). The number of aliphatic hydroxyl groups is 1. The molecule has 0 aliphatic rings. The molecule has 1 aromatic heterocycles. The molecule has 0 aliphatic carbocycles. The van der Waals surface area contributed by atoms with E-state index in [-0.39, 0.29) is 11.9 Å². The third kappa shape index (κ3) is 4.38. The van der Waals surface area contributed by atoms with Crippen LogP contribution in [0.5, 0.6) is 0 Å². The van der Waals surface area contributed by atoms with Crippen molar-refractivity contribution in [1.82, 2.24) is 0 Å². The highest BCUT2D eigenvalue weighted by Gasteiger charge is 2.05. The zero-order chi connectivity index (χ0) is 12.0. The molecule has 1 aromatic rings. The third-order valence-electron chi connectivity index (χ3n) is 1.94. The SMILES string of the molecule is CC(CO)SCc1sccc1/C=C/C(=O)O. The van der Waals surface area contributed by atoms with Gasteiger partial charge in [0.2, 0.25) is 0 Å². The van der Waals surface area contributed by atoms with E-state index in [1.165, 1.54) is 0 Å². The molecule has 0 aliphatic heterocycles. The first-order valence-electron chi connectivity index (χ1n) is 4.83. The Morgan fingerprint density at radius 3 is 3.06 bits per heavy atom. The van der Waals surface area contributed by atoms with Crippen molar-refractivity contribution < 1.29 is 15.0 Å². The fraction of sp³-hybridized carbons (Fsp3) is 0.364. The van der Waals surface area contributed by atoms with Crippen LogP contribution in [0.4, 0.5) is 0 Å². The second kappa shape index (κ2) is 6.73. The van der Waals surface area contributed by atoms with E-state index in [0.717, 1.165) is 22.3 Å². The summed E-state index contributed by atoms with van der Waals surface area (Å²) in [7, 11) is 0. The van der Waals surface area contributed by atoms with Gasteiger partial charge in [-0.2, -0.15) is 11.8 Å². The van der Waals surface area contributed by atoms with Gasteiger partial charge in [0, 0.05) is 22.0 Å². The van der Waals surface area contributed by atoms with E-state index in [4.69, 9.17) is 10.2 Å². The van der Waals surface area contributed by atoms with Crippen LogP contribution in [0.15, 0.2) is 17.5 Å². The lowest BCUT2D eigenvalue weighted by Gasteiger charge is -2.06. The maximum Gasteiger partial charge on any atom is 0.328 e. The van der Waals surface area contributed by atoms with Gasteiger partial charge in [0.25, 0.3) is 0 Å². The highest BCUT2D eigenvalue weighted by Crippen LogP contribution is 2.25. The Morgan fingerprint density at radius 2 is 2.44 bits per heavy atom. The van der Waals surface area contributed by atoms with E-state index in [0.29, 0.717) is 0 Å². The second-order valence-electron chi connectivity index (χ2n) is 3.27. The van der Waals surface area contributed by atoms with Gasteiger partial charge < -0.3 is 10.2 Å². The molecule has 0 aromatic carbocycles. The molecule has 0 saturated heterocycles. The van der Waals surface area contributed by atoms with E-state index in [1.807, 2.05) is 18.4 Å². The van der Waals surface area contributed by atoms with Crippen LogP contribution >= 0.6 is 23.1 Å². The van der Waals surface area contributed by atoms with E-state index in [1.54, 1.807) is 29.2 Å². The zero-order valence-electron chi connectivity index (χ0n) is 8.92. The van der Waals surface area contributed by atoms with Gasteiger partial charge in [-0.15, -0.1) is 11.3 Å². The van der Waals surface area contributed by atoms with Gasteiger partial charge in [-0.1, -0.05) is 6.92 Å². The molecule has 16 heavy (non-hydrogen) atoms. The third-order valence-corrected chi connectivity index (χ3v) is 4.23. The Kier molecular flexibility index (Phi) is 5.59. The molecule has 0 saturated carbocycles. The summed E-state index contributed by atoms with van der Waals surface area (Å²) in [6.07, 6.45) is 2.75. The Morgan fingerprint density at radius 1 is 1.69 bits per heavy atom. The van der Waals surface area contributed by atoms with Crippen LogP contribution in [0.2, 0.25) is 0 Å². The van der Waals surface area contributed by atoms with Gasteiger partial charge in [0.1, 0.15) is 0 Å². The molecule has 0 radical (unpaired) electrons. The predicted octanol–water partition coefficient (Wildman–Crippen LogP) is 2.46. The van der Waals surface area contributed by atoms with Crippen molar-refractivity contribution in [2.75, 3.05) is 6.61 Å². The number of hydrogen-bond donors (Lipinski definition) is 2. The van der Waals surface area contributed by atoms with Crippen molar-refractivity contribution in [2.45, 2.75) is 17.9 Å². The molecule has 3 nitrogen and oxygen atoms in total. The van der Waals surface area contributed by atoms with Crippen molar-refractivity contribution >= 4 is 35.1 Å². The first kappa shape index (κ1) is 13.3. The number of aliphatic carboxylic acids is 1. The Labute approximate surface area is 103 Å². The lowest BCUT2D eigenvalue weighted by Crippen LogP contribution is -2.02. The molecular weight excluding hydrogens is 244 g/mol. The summed E-state index contributed by atoms with van der Waals surface area (Å²) in [5.41, 5.74) is 0.949. The molecule has 1 atom stereocenters. The monoisotopic (exact) mass is 258 g/mol. The van der Waals surface area contributed by atoms with Crippen molar-refractivity contribution in [3.8, 4) is 0 Å². The van der Waals surface area contributed by atoms with Crippen molar-refractivity contribution in [1.29, 1.82) is 0 Å². The van der Waals surface area contributed by atoms with Crippen LogP contribution < -0.4 is 0 Å². The maximum absolute atomic E-state index is 10.4. The summed E-state index contributed by atoms with van der Waals surface area (Å²) < 4.78 is 0. The standard InChI is InChI=1S/C11H14O3S2/c1-8(6-12)16-7-10-9(4-5-15-10)2-3-11(13)14/h2-5,8,12H,6-7H2,1H3,(H,13,14)/b3-2+. The topological polar surface area (TPSA) is 57.5 Å². The Hall–Kier alpha value is -0.780. The lowest BCUT2D eigenvalue weighted by atomic mass is 10.2. The first-order valence-corrected chi connectivity index (χ1v) is 6.76. The summed E-state index contributed by atoms with van der Waals surface area (Å²) in [6.45, 7) is 2.13. The van der Waals surface area contributed by atoms with Gasteiger partial charge in [0.15, 0.2) is 0 Å². The van der Waals surface area contributed by atoms with Crippen molar-refractivity contribution in [3.63, 3.8) is 0 Å². The van der Waals surface area contributed by atoms with Crippen LogP contribution in [-0.2, 0) is 10.5 Å². The van der Waals surface area contributed by atoms with Gasteiger partial charge >= 0.3 is 5.97 Å². The van der Waals surface area contributed by atoms with Gasteiger partial charge in [0.05, 0.1) is 6.61 Å². The second-order valence-corrected chi connectivity index (χ2v) is 5.70. The quantitative estimate of drug-likeness (QED) is 0.770. The van der Waals surface area contributed by atoms with Crippen molar-refractivity contribution in [3.05, 3.63) is 28.0 Å². The molecule has 0 bridgehead atoms. The molecule has 5 heteroatoms. The number of thioether (sulfide) groups is 1. The maximum atomic E-state index is 10.4. The van der Waals surface area contributed by atoms with Crippen LogP contribution in [0, 0.1) is 0 Å². The number of carboxylic acids is 1. The molecule has 0 spiro atoms. The molecule has 2 N–H and O–H groups in total. The van der Waals surface area contributed by atoms with E-state index in [2.05, 4.69) is 0 Å². The number of hydrogen-bond acceptors (Lipinski definition) is 4. The zero-order valence-corrected chi connectivity index (χ0v) is 10.6. The van der Waals surface area contributed by atoms with Crippen LogP contribution in [0.1, 0.15) is 17.4 Å². The minimum atomic E-state index is -0.937. The minimum Gasteiger partial charge on any atom is -0.478 e. The Balaban J connectivity index is 2.60. The summed E-state index contributed by atoms with van der Waals surface area (Å²) in [5, 5.41) is 19.6. The first-order chi connectivity index (χ1) is 7.63. The highest BCUT2D eigenvalue weighted by molar-refractivity contribution is 7.99. The summed E-state index contributed by atoms with van der Waals surface area (Å²) in [6, 6.07) is 1.91. The number of rotatable bonds is 6. The van der Waals surface area contributed by atoms with E-state index >= 15 is 0 Å². The number of aliphatic hydroxyl groups excluding tert-OH is 1. The van der Waals surface area contributed by atoms with Gasteiger partial charge in [-0.3, -0.25) is 0 Å². The van der Waals surface area contributed by atoms with E-state index in [9.17, 15) is 4.79 Å². The smallest absolute Gasteiger partial charge is 0.328 e. The summed E-state index contributed by atoms with van der Waals surface area (Å²) >= 11 is 3.27. The summed E-state index contributed by atoms with van der Waals surface area (Å²) in [5.74, 6) is -0.132.